The minimum Gasteiger partial charge on any atom is -0.464 e. The Kier molecular flexibility index (Phi) is 3.21. The summed E-state index contributed by atoms with van der Waals surface area (Å²) in [6.45, 7) is 3.99. The lowest BCUT2D eigenvalue weighted by Crippen LogP contribution is -2.04. The number of aryl methyl sites for hydroxylation is 1. The number of halogens is 1. The molecule has 5 heteroatoms. The SMILES string of the molecule is Cc1ccc(C(C)Nc2nc3ccc(Cl)cc3s2)o1. The first-order chi connectivity index (χ1) is 9.11. The van der Waals surface area contributed by atoms with Crippen molar-refractivity contribution in [1.82, 2.24) is 4.98 Å². The van der Waals surface area contributed by atoms with Crippen molar-refractivity contribution in [3.05, 3.63) is 46.9 Å². The van der Waals surface area contributed by atoms with Crippen LogP contribution in [0.4, 0.5) is 5.13 Å². The Morgan fingerprint density at radius 3 is 2.89 bits per heavy atom. The van der Waals surface area contributed by atoms with Crippen LogP contribution in [-0.4, -0.2) is 4.98 Å². The van der Waals surface area contributed by atoms with Crippen LogP contribution >= 0.6 is 22.9 Å². The van der Waals surface area contributed by atoms with E-state index in [0.717, 1.165) is 31.9 Å². The van der Waals surface area contributed by atoms with E-state index in [-0.39, 0.29) is 6.04 Å². The zero-order chi connectivity index (χ0) is 13.4. The molecule has 3 nitrogen and oxygen atoms in total. The molecule has 1 aromatic carbocycles. The van der Waals surface area contributed by atoms with E-state index in [4.69, 9.17) is 16.0 Å². The summed E-state index contributed by atoms with van der Waals surface area (Å²) < 4.78 is 6.69. The van der Waals surface area contributed by atoms with Gasteiger partial charge in [-0.25, -0.2) is 4.98 Å². The van der Waals surface area contributed by atoms with Crippen LogP contribution in [0.2, 0.25) is 5.02 Å². The summed E-state index contributed by atoms with van der Waals surface area (Å²) in [6, 6.07) is 9.75. The van der Waals surface area contributed by atoms with Crippen molar-refractivity contribution in [3.8, 4) is 0 Å². The maximum absolute atomic E-state index is 5.98. The molecular weight excluding hydrogens is 280 g/mol. The number of fused-ring (bicyclic) bond motifs is 1. The quantitative estimate of drug-likeness (QED) is 0.736. The van der Waals surface area contributed by atoms with Gasteiger partial charge in [0.05, 0.1) is 16.3 Å². The van der Waals surface area contributed by atoms with E-state index in [1.165, 1.54) is 0 Å². The second-order valence-electron chi connectivity index (χ2n) is 4.45. The van der Waals surface area contributed by atoms with Gasteiger partial charge < -0.3 is 9.73 Å². The Morgan fingerprint density at radius 1 is 1.32 bits per heavy atom. The molecule has 0 aliphatic heterocycles. The van der Waals surface area contributed by atoms with Crippen LogP contribution in [0.3, 0.4) is 0 Å². The van der Waals surface area contributed by atoms with Gasteiger partial charge in [0.15, 0.2) is 5.13 Å². The number of furan rings is 1. The van der Waals surface area contributed by atoms with Crippen molar-refractivity contribution in [3.63, 3.8) is 0 Å². The van der Waals surface area contributed by atoms with E-state index < -0.39 is 0 Å². The monoisotopic (exact) mass is 292 g/mol. The van der Waals surface area contributed by atoms with E-state index in [1.54, 1.807) is 11.3 Å². The van der Waals surface area contributed by atoms with Gasteiger partial charge in [-0.2, -0.15) is 0 Å². The molecule has 0 bridgehead atoms. The van der Waals surface area contributed by atoms with Gasteiger partial charge in [0.2, 0.25) is 0 Å². The third-order valence-electron chi connectivity index (χ3n) is 2.88. The van der Waals surface area contributed by atoms with E-state index in [2.05, 4.69) is 17.2 Å². The highest BCUT2D eigenvalue weighted by molar-refractivity contribution is 7.22. The molecule has 0 amide bonds. The molecule has 1 atom stereocenters. The second kappa shape index (κ2) is 4.87. The minimum absolute atomic E-state index is 0.0877. The predicted octanol–water partition coefficient (Wildman–Crippen LogP) is 5.02. The maximum Gasteiger partial charge on any atom is 0.184 e. The fraction of sp³-hybridized carbons (Fsp3) is 0.214. The van der Waals surface area contributed by atoms with Crippen LogP contribution in [0.5, 0.6) is 0 Å². The van der Waals surface area contributed by atoms with Gasteiger partial charge in [-0.05, 0) is 44.2 Å². The summed E-state index contributed by atoms with van der Waals surface area (Å²) in [6.07, 6.45) is 0. The van der Waals surface area contributed by atoms with Crippen LogP contribution in [0.1, 0.15) is 24.5 Å². The Bertz CT molecular complexity index is 719. The van der Waals surface area contributed by atoms with Crippen molar-refractivity contribution in [2.45, 2.75) is 19.9 Å². The van der Waals surface area contributed by atoms with Gasteiger partial charge in [0, 0.05) is 5.02 Å². The summed E-state index contributed by atoms with van der Waals surface area (Å²) >= 11 is 7.57. The number of nitrogens with zero attached hydrogens (tertiary/aromatic N) is 1. The first-order valence-corrected chi connectivity index (χ1v) is 7.20. The average Bonchev–Trinajstić information content (AvgIpc) is 2.94. The summed E-state index contributed by atoms with van der Waals surface area (Å²) in [5, 5.41) is 4.96. The number of rotatable bonds is 3. The Balaban J connectivity index is 1.85. The third kappa shape index (κ3) is 2.60. The highest BCUT2D eigenvalue weighted by Crippen LogP contribution is 2.30. The van der Waals surface area contributed by atoms with Crippen molar-refractivity contribution >= 4 is 38.3 Å². The van der Waals surface area contributed by atoms with Crippen molar-refractivity contribution in [2.75, 3.05) is 5.32 Å². The first-order valence-electron chi connectivity index (χ1n) is 6.01. The molecule has 3 aromatic rings. The Labute approximate surface area is 120 Å². The molecule has 3 rings (SSSR count). The molecule has 0 saturated heterocycles. The van der Waals surface area contributed by atoms with E-state index in [9.17, 15) is 0 Å². The van der Waals surface area contributed by atoms with Crippen LogP contribution in [0.25, 0.3) is 10.2 Å². The second-order valence-corrected chi connectivity index (χ2v) is 5.91. The summed E-state index contributed by atoms with van der Waals surface area (Å²) in [5.74, 6) is 1.83. The lowest BCUT2D eigenvalue weighted by atomic mass is 10.2. The van der Waals surface area contributed by atoms with Crippen molar-refractivity contribution in [2.24, 2.45) is 0 Å². The summed E-state index contributed by atoms with van der Waals surface area (Å²) in [7, 11) is 0. The van der Waals surface area contributed by atoms with Crippen LogP contribution < -0.4 is 5.32 Å². The van der Waals surface area contributed by atoms with Crippen LogP contribution in [-0.2, 0) is 0 Å². The molecule has 1 unspecified atom stereocenters. The fourth-order valence-electron chi connectivity index (χ4n) is 1.90. The number of benzene rings is 1. The first kappa shape index (κ1) is 12.5. The van der Waals surface area contributed by atoms with Gasteiger partial charge in [-0.15, -0.1) is 0 Å². The number of aromatic nitrogens is 1. The van der Waals surface area contributed by atoms with E-state index in [0.29, 0.717) is 0 Å². The molecule has 2 aromatic heterocycles. The standard InChI is InChI=1S/C14H13ClN2OS/c1-8-3-6-12(18-8)9(2)16-14-17-11-5-4-10(15)7-13(11)19-14/h3-7,9H,1-2H3,(H,16,17). The lowest BCUT2D eigenvalue weighted by molar-refractivity contribution is 0.467. The predicted molar refractivity (Wildman–Crippen MR) is 80.1 cm³/mol. The summed E-state index contributed by atoms with van der Waals surface area (Å²) in [4.78, 5) is 4.53. The molecule has 0 saturated carbocycles. The number of nitrogens with one attached hydrogen (secondary N) is 1. The third-order valence-corrected chi connectivity index (χ3v) is 4.06. The van der Waals surface area contributed by atoms with Crippen molar-refractivity contribution < 1.29 is 4.42 Å². The Morgan fingerprint density at radius 2 is 2.16 bits per heavy atom. The molecule has 0 spiro atoms. The molecule has 19 heavy (non-hydrogen) atoms. The molecule has 0 aliphatic carbocycles. The molecule has 0 aliphatic rings. The molecule has 1 N–H and O–H groups in total. The summed E-state index contributed by atoms with van der Waals surface area (Å²) in [5.41, 5.74) is 0.958. The number of hydrogen-bond acceptors (Lipinski definition) is 4. The van der Waals surface area contributed by atoms with Crippen LogP contribution in [0.15, 0.2) is 34.7 Å². The average molecular weight is 293 g/mol. The molecule has 0 fully saturated rings. The van der Waals surface area contributed by atoms with E-state index in [1.807, 2.05) is 37.3 Å². The van der Waals surface area contributed by atoms with Gasteiger partial charge >= 0.3 is 0 Å². The topological polar surface area (TPSA) is 38.1 Å². The number of thiazole rings is 1. The molecule has 2 heterocycles. The van der Waals surface area contributed by atoms with Crippen molar-refractivity contribution in [1.29, 1.82) is 0 Å². The fourth-order valence-corrected chi connectivity index (χ4v) is 3.13. The van der Waals surface area contributed by atoms with Gasteiger partial charge in [-0.1, -0.05) is 22.9 Å². The largest absolute Gasteiger partial charge is 0.464 e. The number of anilines is 1. The normalized spacial score (nSPS) is 12.8. The van der Waals surface area contributed by atoms with Gasteiger partial charge in [-0.3, -0.25) is 0 Å². The minimum atomic E-state index is 0.0877. The molecule has 98 valence electrons. The van der Waals surface area contributed by atoms with Crippen LogP contribution in [0, 0.1) is 6.92 Å². The van der Waals surface area contributed by atoms with E-state index >= 15 is 0 Å². The smallest absolute Gasteiger partial charge is 0.184 e. The highest BCUT2D eigenvalue weighted by Gasteiger charge is 2.12. The Hall–Kier alpha value is -1.52. The molecule has 0 radical (unpaired) electrons. The van der Waals surface area contributed by atoms with Gasteiger partial charge in [0.25, 0.3) is 0 Å². The highest BCUT2D eigenvalue weighted by atomic mass is 35.5. The maximum atomic E-state index is 5.98. The molecular formula is C14H13ClN2OS. The zero-order valence-corrected chi connectivity index (χ0v) is 12.2. The lowest BCUT2D eigenvalue weighted by Gasteiger charge is -2.09. The van der Waals surface area contributed by atoms with Gasteiger partial charge in [0.1, 0.15) is 11.5 Å². The number of hydrogen-bond donors (Lipinski definition) is 1. The zero-order valence-electron chi connectivity index (χ0n) is 10.6.